The van der Waals surface area contributed by atoms with E-state index in [1.807, 2.05) is 33.8 Å². The summed E-state index contributed by atoms with van der Waals surface area (Å²) in [6, 6.07) is 44.9. The van der Waals surface area contributed by atoms with Crippen LogP contribution in [-0.4, -0.2) is 4.57 Å². The lowest BCUT2D eigenvalue weighted by molar-refractivity contribution is 0.768. The highest BCUT2D eigenvalue weighted by atomic mass is 15.0. The molecule has 0 aliphatic heterocycles. The number of nitrogens with zero attached hydrogens (tertiary/aromatic N) is 1. The minimum Gasteiger partial charge on any atom is -0.309 e. The first-order valence-corrected chi connectivity index (χ1v) is 18.7. The highest BCUT2D eigenvalue weighted by molar-refractivity contribution is 5.98. The topological polar surface area (TPSA) is 4.93 Å². The van der Waals surface area contributed by atoms with Crippen LogP contribution in [0.1, 0.15) is 101 Å². The molecule has 1 aromatic heterocycles. The van der Waals surface area contributed by atoms with Crippen LogP contribution in [0, 0.1) is 0 Å². The van der Waals surface area contributed by atoms with Crippen LogP contribution in [0.3, 0.4) is 0 Å². The SMILES string of the molecule is C=Cc1c(/C=C\C)n(-c2ccc3c(c2)-c2ccccc2C3(c2ccccc2)c2ccccc2)c2ccc(/C(C=C(C)C)=C/CC)cc12.CC.CC. The Balaban J connectivity index is 0.00000122. The summed E-state index contributed by atoms with van der Waals surface area (Å²) in [6.45, 7) is 20.9. The summed E-state index contributed by atoms with van der Waals surface area (Å²) in [5, 5.41) is 1.21. The fourth-order valence-corrected chi connectivity index (χ4v) is 7.70. The summed E-state index contributed by atoms with van der Waals surface area (Å²) >= 11 is 0. The van der Waals surface area contributed by atoms with Crippen LogP contribution in [0.25, 0.3) is 45.4 Å². The van der Waals surface area contributed by atoms with Crippen LogP contribution in [0.2, 0.25) is 0 Å². The second kappa shape index (κ2) is 16.5. The number of fused-ring (bicyclic) bond motifs is 4. The zero-order chi connectivity index (χ0) is 36.5. The zero-order valence-electron chi connectivity index (χ0n) is 31.8. The normalized spacial score (nSPS) is 12.7. The van der Waals surface area contributed by atoms with Crippen LogP contribution >= 0.6 is 0 Å². The Labute approximate surface area is 307 Å². The standard InChI is InChI=1S/C46H41N.2C2H6/c1-6-17-33(29-32(4)5)34-25-28-45-41(30-34)38(8-3)44(18-7-2)47(45)37-26-27-43-40(31-37)39-23-15-16-24-42(39)46(43,35-19-11-9-12-20-35)36-21-13-10-14-22-36;2*1-2/h7-31H,3,6H2,1-2,4-5H3;2*1-2H3/b18-7-,33-17+;;. The molecule has 0 saturated heterocycles. The summed E-state index contributed by atoms with van der Waals surface area (Å²) in [6.07, 6.45) is 11.9. The number of hydrogen-bond donors (Lipinski definition) is 0. The van der Waals surface area contributed by atoms with Gasteiger partial charge in [0.25, 0.3) is 0 Å². The van der Waals surface area contributed by atoms with Gasteiger partial charge in [-0.25, -0.2) is 0 Å². The monoisotopic (exact) mass is 667 g/mol. The van der Waals surface area contributed by atoms with E-state index in [0.717, 1.165) is 23.4 Å². The molecule has 1 heterocycles. The molecule has 0 atom stereocenters. The Morgan fingerprint density at radius 1 is 0.706 bits per heavy atom. The number of benzene rings is 5. The van der Waals surface area contributed by atoms with Crippen LogP contribution in [0.5, 0.6) is 0 Å². The van der Waals surface area contributed by atoms with E-state index in [0.29, 0.717) is 0 Å². The summed E-state index contributed by atoms with van der Waals surface area (Å²) in [5.74, 6) is 0. The van der Waals surface area contributed by atoms with Gasteiger partial charge in [-0.05, 0) is 102 Å². The molecular formula is C50H53N. The van der Waals surface area contributed by atoms with Crippen molar-refractivity contribution in [2.45, 2.75) is 67.2 Å². The average molecular weight is 668 g/mol. The van der Waals surface area contributed by atoms with Crippen LogP contribution < -0.4 is 0 Å². The van der Waals surface area contributed by atoms with Gasteiger partial charge in [-0.3, -0.25) is 0 Å². The highest BCUT2D eigenvalue weighted by Crippen LogP contribution is 2.56. The van der Waals surface area contributed by atoms with Crippen molar-refractivity contribution >= 4 is 28.6 Å². The van der Waals surface area contributed by atoms with Gasteiger partial charge in [-0.15, -0.1) is 0 Å². The zero-order valence-corrected chi connectivity index (χ0v) is 31.8. The lowest BCUT2D eigenvalue weighted by Crippen LogP contribution is -2.28. The maximum atomic E-state index is 4.29. The lowest BCUT2D eigenvalue weighted by atomic mass is 9.68. The summed E-state index contributed by atoms with van der Waals surface area (Å²) in [4.78, 5) is 0. The van der Waals surface area contributed by atoms with Gasteiger partial charge < -0.3 is 4.57 Å². The largest absolute Gasteiger partial charge is 0.309 e. The summed E-state index contributed by atoms with van der Waals surface area (Å²) in [7, 11) is 0. The van der Waals surface area contributed by atoms with Gasteiger partial charge in [0.2, 0.25) is 0 Å². The second-order valence-corrected chi connectivity index (χ2v) is 12.6. The van der Waals surface area contributed by atoms with E-state index in [9.17, 15) is 0 Å². The molecule has 0 fully saturated rings. The van der Waals surface area contributed by atoms with E-state index in [1.54, 1.807) is 0 Å². The molecule has 0 spiro atoms. The molecule has 0 unspecified atom stereocenters. The van der Waals surface area contributed by atoms with Crippen molar-refractivity contribution in [1.29, 1.82) is 0 Å². The first kappa shape index (κ1) is 36.9. The molecule has 0 amide bonds. The Bertz CT molecular complexity index is 2160. The van der Waals surface area contributed by atoms with E-state index in [1.165, 1.54) is 61.0 Å². The Morgan fingerprint density at radius 3 is 1.90 bits per heavy atom. The molecule has 0 saturated carbocycles. The fraction of sp³-hybridized carbons (Fsp3) is 0.200. The van der Waals surface area contributed by atoms with Gasteiger partial charge in [-0.2, -0.15) is 0 Å². The quantitative estimate of drug-likeness (QED) is 0.142. The third kappa shape index (κ3) is 6.50. The van der Waals surface area contributed by atoms with Crippen molar-refractivity contribution in [3.8, 4) is 16.8 Å². The molecule has 5 aromatic carbocycles. The highest BCUT2D eigenvalue weighted by Gasteiger charge is 2.46. The minimum atomic E-state index is -0.411. The molecule has 6 aromatic rings. The number of rotatable bonds is 8. The minimum absolute atomic E-state index is 0.411. The first-order valence-electron chi connectivity index (χ1n) is 18.7. The third-order valence-electron chi connectivity index (χ3n) is 9.47. The predicted molar refractivity (Wildman–Crippen MR) is 226 cm³/mol. The van der Waals surface area contributed by atoms with Crippen molar-refractivity contribution in [1.82, 2.24) is 4.57 Å². The number of hydrogen-bond acceptors (Lipinski definition) is 0. The molecule has 51 heavy (non-hydrogen) atoms. The molecule has 0 radical (unpaired) electrons. The molecule has 1 heteroatoms. The van der Waals surface area contributed by atoms with Crippen molar-refractivity contribution in [3.63, 3.8) is 0 Å². The second-order valence-electron chi connectivity index (χ2n) is 12.6. The van der Waals surface area contributed by atoms with Gasteiger partial charge in [0.1, 0.15) is 0 Å². The fourth-order valence-electron chi connectivity index (χ4n) is 7.70. The smallest absolute Gasteiger partial charge is 0.0713 e. The average Bonchev–Trinajstić information content (AvgIpc) is 3.66. The van der Waals surface area contributed by atoms with E-state index < -0.39 is 5.41 Å². The van der Waals surface area contributed by atoms with Crippen molar-refractivity contribution < 1.29 is 0 Å². The molecular weight excluding hydrogens is 615 g/mol. The lowest BCUT2D eigenvalue weighted by Gasteiger charge is -2.33. The van der Waals surface area contributed by atoms with Gasteiger partial charge in [-0.1, -0.05) is 168 Å². The van der Waals surface area contributed by atoms with Crippen molar-refractivity contribution in [3.05, 3.63) is 191 Å². The molecule has 1 aliphatic rings. The third-order valence-corrected chi connectivity index (χ3v) is 9.47. The van der Waals surface area contributed by atoms with E-state index in [-0.39, 0.29) is 0 Å². The molecule has 1 nitrogen and oxygen atoms in total. The van der Waals surface area contributed by atoms with E-state index in [2.05, 4.69) is 184 Å². The van der Waals surface area contributed by atoms with Gasteiger partial charge in [0.05, 0.1) is 16.6 Å². The van der Waals surface area contributed by atoms with Crippen molar-refractivity contribution in [2.24, 2.45) is 0 Å². The van der Waals surface area contributed by atoms with E-state index in [4.69, 9.17) is 0 Å². The Hall–Kier alpha value is -5.40. The molecule has 1 aliphatic carbocycles. The van der Waals surface area contributed by atoms with Crippen molar-refractivity contribution in [2.75, 3.05) is 0 Å². The van der Waals surface area contributed by atoms with Gasteiger partial charge >= 0.3 is 0 Å². The van der Waals surface area contributed by atoms with Crippen LogP contribution in [0.4, 0.5) is 0 Å². The number of allylic oxidation sites excluding steroid dienone is 5. The van der Waals surface area contributed by atoms with Crippen LogP contribution in [-0.2, 0) is 5.41 Å². The summed E-state index contributed by atoms with van der Waals surface area (Å²) in [5.41, 5.74) is 15.7. The molecule has 7 rings (SSSR count). The predicted octanol–water partition coefficient (Wildman–Crippen LogP) is 14.5. The Kier molecular flexibility index (Phi) is 12.0. The number of aromatic nitrogens is 1. The molecule has 258 valence electrons. The maximum Gasteiger partial charge on any atom is 0.0713 e. The van der Waals surface area contributed by atoms with Crippen LogP contribution in [0.15, 0.2) is 152 Å². The summed E-state index contributed by atoms with van der Waals surface area (Å²) < 4.78 is 2.41. The maximum absolute atomic E-state index is 4.29. The van der Waals surface area contributed by atoms with E-state index >= 15 is 0 Å². The van der Waals surface area contributed by atoms with Gasteiger partial charge in [0, 0.05) is 16.6 Å². The molecule has 0 N–H and O–H groups in total. The first-order chi connectivity index (χ1) is 25.0. The van der Waals surface area contributed by atoms with Gasteiger partial charge in [0.15, 0.2) is 0 Å². The Morgan fingerprint density at radius 2 is 1.31 bits per heavy atom. The molecule has 0 bridgehead atoms.